The van der Waals surface area contributed by atoms with Crippen LogP contribution in [-0.4, -0.2) is 118 Å². The van der Waals surface area contributed by atoms with E-state index in [1.54, 1.807) is 27.1 Å². The standard InChI is InChI=1S/C33H48ClFN8O4/c1-22-33(45)39-7-5-15-46-30-18-25(32(36)40-28-19-26(34)27(35)17-24(28)21-41(22)4)29(37-3)20-31(30)47-16-6-9-42-11-13-43(14-12-42)10-8-38-23(2)44/h17-20,22,37H,5-16,21H2,1-4H3,(H2,36,40)(H,38,44)(H,39,45)/t22-/m1/s1. The summed E-state index contributed by atoms with van der Waals surface area (Å²) >= 11 is 6.15. The molecule has 0 aliphatic carbocycles. The molecule has 1 fully saturated rings. The van der Waals surface area contributed by atoms with Crippen LogP contribution in [0.5, 0.6) is 11.5 Å². The van der Waals surface area contributed by atoms with Crippen LogP contribution in [-0.2, 0) is 16.1 Å². The van der Waals surface area contributed by atoms with Crippen LogP contribution < -0.4 is 30.7 Å². The molecule has 4 rings (SSSR count). The Morgan fingerprint density at radius 1 is 1.17 bits per heavy atom. The van der Waals surface area contributed by atoms with Gasteiger partial charge in [0.25, 0.3) is 0 Å². The van der Waals surface area contributed by atoms with Crippen molar-refractivity contribution in [2.75, 3.05) is 90.3 Å². The molecule has 2 aliphatic heterocycles. The Morgan fingerprint density at radius 3 is 2.60 bits per heavy atom. The van der Waals surface area contributed by atoms with E-state index in [2.05, 4.69) is 31.1 Å². The molecule has 2 amide bonds. The number of nitrogens with one attached hydrogen (secondary N) is 5. The lowest BCUT2D eigenvalue weighted by Gasteiger charge is -2.34. The number of carbonyl (C=O) groups is 2. The fourth-order valence-corrected chi connectivity index (χ4v) is 5.72. The van der Waals surface area contributed by atoms with Gasteiger partial charge in [0.15, 0.2) is 11.5 Å². The maximum Gasteiger partial charge on any atom is 0.237 e. The second-order valence-electron chi connectivity index (χ2n) is 12.0. The molecule has 1 atom stereocenters. The molecule has 12 nitrogen and oxygen atoms in total. The van der Waals surface area contributed by atoms with Gasteiger partial charge in [-0.3, -0.25) is 24.8 Å². The SMILES string of the molecule is CNc1cc(OCCCN2CCN(CCNC(C)=O)CC2)c2cc1C(=N)Nc1cc(Cl)c(F)cc1CN(C)[C@H](C)C(=O)NCCCO2. The molecule has 2 aromatic carbocycles. The van der Waals surface area contributed by atoms with Gasteiger partial charge in [-0.1, -0.05) is 11.6 Å². The van der Waals surface area contributed by atoms with Gasteiger partial charge in [0.2, 0.25) is 11.8 Å². The first-order valence-electron chi connectivity index (χ1n) is 16.2. The monoisotopic (exact) mass is 674 g/mol. The minimum Gasteiger partial charge on any atom is -0.490 e. The first-order chi connectivity index (χ1) is 22.5. The number of hydrogen-bond donors (Lipinski definition) is 5. The van der Waals surface area contributed by atoms with Gasteiger partial charge in [-0.15, -0.1) is 0 Å². The van der Waals surface area contributed by atoms with Crippen LogP contribution in [0.3, 0.4) is 0 Å². The number of hydrogen-bond acceptors (Lipinski definition) is 9. The zero-order valence-electron chi connectivity index (χ0n) is 27.8. The predicted octanol–water partition coefficient (Wildman–Crippen LogP) is 3.20. The normalized spacial score (nSPS) is 18.8. The summed E-state index contributed by atoms with van der Waals surface area (Å²) in [5, 5.41) is 21.0. The molecule has 47 heavy (non-hydrogen) atoms. The van der Waals surface area contributed by atoms with Crippen molar-refractivity contribution in [2.45, 2.75) is 39.3 Å². The predicted molar refractivity (Wildman–Crippen MR) is 184 cm³/mol. The number of amidine groups is 1. The molecule has 0 unspecified atom stereocenters. The molecule has 258 valence electrons. The number of ether oxygens (including phenoxy) is 2. The van der Waals surface area contributed by atoms with Crippen LogP contribution in [0.15, 0.2) is 24.3 Å². The van der Waals surface area contributed by atoms with Crippen molar-refractivity contribution in [1.29, 1.82) is 5.41 Å². The molecule has 0 saturated carbocycles. The molecule has 0 aromatic heterocycles. The quantitative estimate of drug-likeness (QED) is 0.254. The Kier molecular flexibility index (Phi) is 13.5. The number of rotatable bonds is 9. The number of piperazine rings is 1. The van der Waals surface area contributed by atoms with Gasteiger partial charge in [0.1, 0.15) is 11.7 Å². The zero-order valence-corrected chi connectivity index (χ0v) is 28.6. The number of anilines is 2. The summed E-state index contributed by atoms with van der Waals surface area (Å²) in [6, 6.07) is 5.91. The van der Waals surface area contributed by atoms with Crippen molar-refractivity contribution in [1.82, 2.24) is 25.3 Å². The topological polar surface area (TPSA) is 134 Å². The summed E-state index contributed by atoms with van der Waals surface area (Å²) in [6.07, 6.45) is 1.40. The van der Waals surface area contributed by atoms with Gasteiger partial charge in [0, 0.05) is 95.9 Å². The van der Waals surface area contributed by atoms with E-state index in [0.717, 1.165) is 45.7 Å². The largest absolute Gasteiger partial charge is 0.490 e. The lowest BCUT2D eigenvalue weighted by Crippen LogP contribution is -2.48. The summed E-state index contributed by atoms with van der Waals surface area (Å²) in [6.45, 7) is 11.1. The Morgan fingerprint density at radius 2 is 1.89 bits per heavy atom. The van der Waals surface area contributed by atoms with Crippen molar-refractivity contribution in [3.8, 4) is 11.5 Å². The zero-order chi connectivity index (χ0) is 33.9. The Bertz CT molecular complexity index is 1410. The van der Waals surface area contributed by atoms with E-state index in [4.69, 9.17) is 26.5 Å². The molecule has 5 N–H and O–H groups in total. The number of halogens is 2. The van der Waals surface area contributed by atoms with E-state index in [-0.39, 0.29) is 29.2 Å². The van der Waals surface area contributed by atoms with Crippen molar-refractivity contribution < 1.29 is 23.5 Å². The third kappa shape index (κ3) is 10.4. The van der Waals surface area contributed by atoms with E-state index in [1.807, 2.05) is 11.0 Å². The van der Waals surface area contributed by atoms with Crippen molar-refractivity contribution >= 4 is 40.6 Å². The highest BCUT2D eigenvalue weighted by atomic mass is 35.5. The average Bonchev–Trinajstić information content (AvgIpc) is 3.04. The smallest absolute Gasteiger partial charge is 0.237 e. The number of nitrogens with zero attached hydrogens (tertiary/aromatic N) is 3. The molecule has 0 spiro atoms. The van der Waals surface area contributed by atoms with Gasteiger partial charge in [-0.25, -0.2) is 4.39 Å². The minimum absolute atomic E-state index is 0.000252. The summed E-state index contributed by atoms with van der Waals surface area (Å²) in [7, 11) is 3.57. The van der Waals surface area contributed by atoms with Crippen LogP contribution in [0, 0.1) is 11.2 Å². The molecule has 2 bridgehead atoms. The molecule has 2 aromatic rings. The lowest BCUT2D eigenvalue weighted by molar-refractivity contribution is -0.125. The van der Waals surface area contributed by atoms with Gasteiger partial charge in [0.05, 0.1) is 24.3 Å². The van der Waals surface area contributed by atoms with E-state index in [0.29, 0.717) is 66.7 Å². The fraction of sp³-hybridized carbons (Fsp3) is 0.545. The van der Waals surface area contributed by atoms with Crippen LogP contribution >= 0.6 is 11.6 Å². The molecule has 2 aliphatic rings. The van der Waals surface area contributed by atoms with Crippen molar-refractivity contribution in [3.63, 3.8) is 0 Å². The summed E-state index contributed by atoms with van der Waals surface area (Å²) in [4.78, 5) is 30.5. The van der Waals surface area contributed by atoms with Crippen molar-refractivity contribution in [2.24, 2.45) is 0 Å². The van der Waals surface area contributed by atoms with E-state index >= 15 is 0 Å². The van der Waals surface area contributed by atoms with E-state index < -0.39 is 11.9 Å². The van der Waals surface area contributed by atoms with Crippen LogP contribution in [0.4, 0.5) is 15.8 Å². The fourth-order valence-electron chi connectivity index (χ4n) is 5.55. The summed E-state index contributed by atoms with van der Waals surface area (Å²) < 4.78 is 27.0. The maximum absolute atomic E-state index is 14.6. The number of fused-ring (bicyclic) bond motifs is 3. The highest BCUT2D eigenvalue weighted by molar-refractivity contribution is 6.31. The van der Waals surface area contributed by atoms with Gasteiger partial charge in [-0.05, 0) is 50.6 Å². The van der Waals surface area contributed by atoms with Gasteiger partial charge >= 0.3 is 0 Å². The average molecular weight is 675 g/mol. The Labute approximate surface area is 281 Å². The number of amides is 2. The summed E-state index contributed by atoms with van der Waals surface area (Å²) in [5.74, 6) is 0.382. The molecule has 1 saturated heterocycles. The second kappa shape index (κ2) is 17.5. The molecule has 0 radical (unpaired) electrons. The van der Waals surface area contributed by atoms with Crippen molar-refractivity contribution in [3.05, 3.63) is 46.2 Å². The van der Waals surface area contributed by atoms with Crippen LogP contribution in [0.2, 0.25) is 5.02 Å². The number of likely N-dealkylation sites (N-methyl/N-ethyl adjacent to an activating group) is 1. The third-order valence-corrected chi connectivity index (χ3v) is 8.80. The first-order valence-corrected chi connectivity index (χ1v) is 16.6. The Balaban J connectivity index is 1.46. The van der Waals surface area contributed by atoms with Gasteiger partial charge < -0.3 is 35.6 Å². The highest BCUT2D eigenvalue weighted by Crippen LogP contribution is 2.35. The van der Waals surface area contributed by atoms with E-state index in [1.165, 1.54) is 19.1 Å². The molecular formula is C33H48ClFN8O4. The number of benzene rings is 2. The highest BCUT2D eigenvalue weighted by Gasteiger charge is 2.22. The molecule has 14 heteroatoms. The van der Waals surface area contributed by atoms with Crippen LogP contribution in [0.1, 0.15) is 37.8 Å². The second-order valence-corrected chi connectivity index (χ2v) is 12.4. The lowest BCUT2D eigenvalue weighted by atomic mass is 10.1. The minimum atomic E-state index is -0.576. The molecular weight excluding hydrogens is 627 g/mol. The summed E-state index contributed by atoms with van der Waals surface area (Å²) in [5.41, 5.74) is 2.22. The van der Waals surface area contributed by atoms with E-state index in [9.17, 15) is 14.0 Å². The van der Waals surface area contributed by atoms with Crippen LogP contribution in [0.25, 0.3) is 0 Å². The first kappa shape index (κ1) is 36.2. The maximum atomic E-state index is 14.6. The Hall–Kier alpha value is -3.65. The third-order valence-electron chi connectivity index (χ3n) is 8.51. The van der Waals surface area contributed by atoms with Gasteiger partial charge in [-0.2, -0.15) is 0 Å². The number of carbonyl (C=O) groups excluding carboxylic acids is 2. The molecule has 2 heterocycles.